The molecule has 0 bridgehead atoms. The van der Waals surface area contributed by atoms with Crippen molar-refractivity contribution in [3.8, 4) is 35.7 Å². The van der Waals surface area contributed by atoms with Crippen LogP contribution in [0.1, 0.15) is 42.4 Å². The molecule has 2 aromatic carbocycles. The predicted octanol–water partition coefficient (Wildman–Crippen LogP) is -3.52. The van der Waals surface area contributed by atoms with Gasteiger partial charge in [0.05, 0.1) is 39.0 Å². The number of hydrogen-bond donors (Lipinski definition) is 0. The van der Waals surface area contributed by atoms with Gasteiger partial charge in [-0.25, -0.2) is 16.8 Å². The summed E-state index contributed by atoms with van der Waals surface area (Å²) in [5.41, 5.74) is 1.99. The Morgan fingerprint density at radius 1 is 0.722 bits per heavy atom. The fourth-order valence-corrected chi connectivity index (χ4v) is 3.86. The first-order chi connectivity index (χ1) is 16.1. The van der Waals surface area contributed by atoms with Crippen LogP contribution in [0.25, 0.3) is 0 Å². The quantitative estimate of drug-likeness (QED) is 0.115. The Hall–Kier alpha value is -1.02. The van der Waals surface area contributed by atoms with E-state index in [0.29, 0.717) is 29.9 Å². The van der Waals surface area contributed by atoms with Gasteiger partial charge in [0, 0.05) is 22.6 Å². The maximum atomic E-state index is 10.7. The second-order valence-corrected chi connectivity index (χ2v) is 10.3. The first kappa shape index (κ1) is 35.0. The van der Waals surface area contributed by atoms with Crippen LogP contribution in [-0.2, 0) is 20.2 Å². The molecule has 12 heteroatoms. The Balaban J connectivity index is 0.00000612. The smallest absolute Gasteiger partial charge is 0.748 e. The van der Waals surface area contributed by atoms with Crippen molar-refractivity contribution in [2.24, 2.45) is 0 Å². The molecule has 0 saturated carbocycles. The van der Waals surface area contributed by atoms with Crippen molar-refractivity contribution in [3.63, 3.8) is 0 Å². The molecule has 0 aliphatic rings. The Morgan fingerprint density at radius 3 is 1.78 bits per heavy atom. The van der Waals surface area contributed by atoms with E-state index in [1.165, 1.54) is 0 Å². The Kier molecular flexibility index (Phi) is 17.0. The summed E-state index contributed by atoms with van der Waals surface area (Å²) >= 11 is 0. The average molecular weight is 551 g/mol. The van der Waals surface area contributed by atoms with Crippen molar-refractivity contribution in [1.82, 2.24) is 0 Å². The van der Waals surface area contributed by atoms with Gasteiger partial charge in [-0.2, -0.15) is 0 Å². The minimum absolute atomic E-state index is 0. The van der Waals surface area contributed by atoms with Crippen molar-refractivity contribution < 1.29 is 94.5 Å². The second kappa shape index (κ2) is 17.5. The predicted molar refractivity (Wildman–Crippen MR) is 125 cm³/mol. The topological polar surface area (TPSA) is 133 Å². The van der Waals surface area contributed by atoms with Crippen LogP contribution in [0.4, 0.5) is 0 Å². The van der Waals surface area contributed by atoms with Gasteiger partial charge in [-0.1, -0.05) is 17.8 Å². The van der Waals surface area contributed by atoms with Crippen molar-refractivity contribution in [1.29, 1.82) is 0 Å². The molecular weight excluding hydrogens is 526 g/mol. The van der Waals surface area contributed by atoms with E-state index in [1.807, 2.05) is 0 Å². The van der Waals surface area contributed by atoms with Crippen LogP contribution in [0.3, 0.4) is 0 Å². The van der Waals surface area contributed by atoms with Gasteiger partial charge < -0.3 is 18.6 Å². The Labute approximate surface area is 257 Å². The van der Waals surface area contributed by atoms with Gasteiger partial charge in [0.1, 0.15) is 11.5 Å². The maximum Gasteiger partial charge on any atom is 1.00 e. The third kappa shape index (κ3) is 15.3. The summed E-state index contributed by atoms with van der Waals surface area (Å²) in [5.74, 6) is 8.63. The van der Waals surface area contributed by atoms with Gasteiger partial charge in [0.15, 0.2) is 0 Å². The van der Waals surface area contributed by atoms with Gasteiger partial charge in [-0.05, 0) is 68.1 Å². The van der Waals surface area contributed by atoms with E-state index in [0.717, 1.165) is 11.1 Å². The zero-order chi connectivity index (χ0) is 25.0. The van der Waals surface area contributed by atoms with Crippen LogP contribution in [0.2, 0.25) is 0 Å². The van der Waals surface area contributed by atoms with Crippen molar-refractivity contribution in [2.75, 3.05) is 24.7 Å². The molecule has 2 aromatic rings. The second-order valence-electron chi connectivity index (χ2n) is 7.26. The maximum absolute atomic E-state index is 10.7. The summed E-state index contributed by atoms with van der Waals surface area (Å²) in [6.07, 6.45) is 6.52. The first-order valence-corrected chi connectivity index (χ1v) is 13.6. The molecule has 0 aromatic heterocycles. The molecule has 8 nitrogen and oxygen atoms in total. The summed E-state index contributed by atoms with van der Waals surface area (Å²) in [4.78, 5) is 0. The fraction of sp³-hybridized carbons (Fsp3) is 0.333. The monoisotopic (exact) mass is 550 g/mol. The van der Waals surface area contributed by atoms with E-state index < -0.39 is 31.7 Å². The van der Waals surface area contributed by atoms with Crippen LogP contribution < -0.4 is 68.6 Å². The molecule has 0 unspecified atom stereocenters. The average Bonchev–Trinajstić information content (AvgIpc) is 2.77. The van der Waals surface area contributed by atoms with Crippen molar-refractivity contribution in [2.45, 2.75) is 25.7 Å². The van der Waals surface area contributed by atoms with Crippen LogP contribution in [0.15, 0.2) is 42.5 Å². The Morgan fingerprint density at radius 2 is 1.25 bits per heavy atom. The first-order valence-electron chi connectivity index (χ1n) is 10.4. The van der Waals surface area contributed by atoms with Gasteiger partial charge in [0.2, 0.25) is 0 Å². The molecule has 182 valence electrons. The van der Waals surface area contributed by atoms with Crippen molar-refractivity contribution >= 4 is 20.2 Å². The van der Waals surface area contributed by atoms with E-state index in [-0.39, 0.29) is 85.2 Å². The molecule has 2 rings (SSSR count). The summed E-state index contributed by atoms with van der Waals surface area (Å²) in [6, 6.07) is 12.1. The summed E-state index contributed by atoms with van der Waals surface area (Å²) < 4.78 is 75.5. The molecule has 0 saturated heterocycles. The van der Waals surface area contributed by atoms with E-state index >= 15 is 0 Å². The number of unbranched alkanes of at least 4 members (excludes halogenated alkanes) is 2. The number of rotatable bonds is 12. The molecule has 0 spiro atoms. The fourth-order valence-electron chi connectivity index (χ4n) is 2.75. The molecule has 0 N–H and O–H groups in total. The largest absolute Gasteiger partial charge is 1.00 e. The zero-order valence-corrected chi connectivity index (χ0v) is 26.0. The third-order valence-corrected chi connectivity index (χ3v) is 6.03. The summed E-state index contributed by atoms with van der Waals surface area (Å²) in [5, 5.41) is 0. The SMILES string of the molecule is C#Cc1ccc(C#Cc2cc(OCCCCS(=O)(=O)[O-])ccc2OCCCCS(=O)(=O)[O-])cc1.[Na+].[Na+]. The van der Waals surface area contributed by atoms with E-state index in [9.17, 15) is 25.9 Å². The van der Waals surface area contributed by atoms with Gasteiger partial charge in [-0.3, -0.25) is 0 Å². The minimum Gasteiger partial charge on any atom is -0.748 e. The van der Waals surface area contributed by atoms with Gasteiger partial charge in [0.25, 0.3) is 0 Å². The molecule has 0 amide bonds. The van der Waals surface area contributed by atoms with Crippen LogP contribution in [0.5, 0.6) is 11.5 Å². The zero-order valence-electron chi connectivity index (χ0n) is 20.4. The third-order valence-electron chi connectivity index (χ3n) is 4.45. The minimum atomic E-state index is -4.26. The van der Waals surface area contributed by atoms with Crippen LogP contribution >= 0.6 is 0 Å². The molecule has 0 aliphatic heterocycles. The normalized spacial score (nSPS) is 10.6. The van der Waals surface area contributed by atoms with Gasteiger partial charge >= 0.3 is 59.1 Å². The van der Waals surface area contributed by atoms with E-state index in [2.05, 4.69) is 17.8 Å². The number of hydrogen-bond acceptors (Lipinski definition) is 8. The molecule has 36 heavy (non-hydrogen) atoms. The molecular formula is C24H24Na2O8S2. The molecule has 0 heterocycles. The number of ether oxygens (including phenoxy) is 2. The standard InChI is InChI=1S/C24H26O8S2.2Na/c1-2-20-7-9-21(10-8-20)11-12-22-19-23(31-15-3-5-17-33(25,26)27)13-14-24(22)32-16-4-6-18-34(28,29)30;;/h1,7-10,13-14,19H,3-6,15-18H2,(H,25,26,27)(H,28,29,30);;/q;2*+1/p-2. The summed E-state index contributed by atoms with van der Waals surface area (Å²) in [6.45, 7) is 0.421. The number of terminal acetylenes is 1. The Bertz CT molecular complexity index is 1270. The molecule has 0 atom stereocenters. The molecule has 0 fully saturated rings. The van der Waals surface area contributed by atoms with Crippen LogP contribution in [0, 0.1) is 24.2 Å². The van der Waals surface area contributed by atoms with E-state index in [4.69, 9.17) is 15.9 Å². The van der Waals surface area contributed by atoms with Gasteiger partial charge in [-0.15, -0.1) is 6.42 Å². The van der Waals surface area contributed by atoms with Crippen molar-refractivity contribution in [3.05, 3.63) is 59.2 Å². The summed E-state index contributed by atoms with van der Waals surface area (Å²) in [7, 11) is -8.50. The molecule has 0 aliphatic carbocycles. The molecule has 0 radical (unpaired) electrons. The van der Waals surface area contributed by atoms with E-state index in [1.54, 1.807) is 42.5 Å². The number of benzene rings is 2. The van der Waals surface area contributed by atoms with Crippen LogP contribution in [-0.4, -0.2) is 50.7 Å².